The van der Waals surface area contributed by atoms with E-state index in [1.54, 1.807) is 0 Å². The van der Waals surface area contributed by atoms with E-state index in [4.69, 9.17) is 5.73 Å². The minimum atomic E-state index is -1.16. The fourth-order valence-corrected chi connectivity index (χ4v) is 1.29. The van der Waals surface area contributed by atoms with Crippen LogP contribution in [0.2, 0.25) is 0 Å². The second-order valence-corrected chi connectivity index (χ2v) is 3.23. The van der Waals surface area contributed by atoms with Gasteiger partial charge in [0, 0.05) is 0 Å². The number of anilines is 1. The first-order valence-corrected chi connectivity index (χ1v) is 4.29. The highest BCUT2D eigenvalue weighted by Crippen LogP contribution is 2.29. The van der Waals surface area contributed by atoms with Crippen LogP contribution in [0.5, 0.6) is 0 Å². The highest BCUT2D eigenvalue weighted by Gasteiger charge is 2.19. The molecular formula is C8H6BrF2NO2. The molecule has 76 valence electrons. The molecule has 0 aliphatic heterocycles. The number of esters is 1. The van der Waals surface area contributed by atoms with Crippen LogP contribution in [0.1, 0.15) is 10.4 Å². The first-order valence-electron chi connectivity index (χ1n) is 3.50. The molecular weight excluding hydrogens is 260 g/mol. The summed E-state index contributed by atoms with van der Waals surface area (Å²) in [6, 6.07) is 0.696. The second kappa shape index (κ2) is 3.91. The van der Waals surface area contributed by atoms with Crippen molar-refractivity contribution < 1.29 is 18.3 Å². The topological polar surface area (TPSA) is 52.3 Å². The molecule has 0 amide bonds. The first-order chi connectivity index (χ1) is 6.49. The summed E-state index contributed by atoms with van der Waals surface area (Å²) in [5, 5.41) is 0. The van der Waals surface area contributed by atoms with Gasteiger partial charge in [-0.1, -0.05) is 0 Å². The van der Waals surface area contributed by atoms with Crippen LogP contribution in [-0.4, -0.2) is 13.1 Å². The van der Waals surface area contributed by atoms with Gasteiger partial charge in [-0.2, -0.15) is 0 Å². The largest absolute Gasteiger partial charge is 0.465 e. The Morgan fingerprint density at radius 2 is 2.14 bits per heavy atom. The molecule has 2 N–H and O–H groups in total. The quantitative estimate of drug-likeness (QED) is 0.481. The highest BCUT2D eigenvalue weighted by atomic mass is 79.9. The molecule has 0 unspecified atom stereocenters. The van der Waals surface area contributed by atoms with Crippen LogP contribution in [-0.2, 0) is 4.74 Å². The van der Waals surface area contributed by atoms with Crippen LogP contribution < -0.4 is 5.73 Å². The van der Waals surface area contributed by atoms with Crippen molar-refractivity contribution >= 4 is 27.6 Å². The van der Waals surface area contributed by atoms with Gasteiger partial charge in [0.1, 0.15) is 0 Å². The van der Waals surface area contributed by atoms with Gasteiger partial charge in [-0.3, -0.25) is 0 Å². The van der Waals surface area contributed by atoms with Crippen molar-refractivity contribution in [3.63, 3.8) is 0 Å². The van der Waals surface area contributed by atoms with Crippen LogP contribution >= 0.6 is 15.9 Å². The minimum Gasteiger partial charge on any atom is -0.465 e. The number of hydrogen-bond donors (Lipinski definition) is 1. The van der Waals surface area contributed by atoms with Crippen molar-refractivity contribution in [1.29, 1.82) is 0 Å². The lowest BCUT2D eigenvalue weighted by Gasteiger charge is -2.06. The van der Waals surface area contributed by atoms with Crippen molar-refractivity contribution in [3.8, 4) is 0 Å². The van der Waals surface area contributed by atoms with Gasteiger partial charge in [-0.05, 0) is 22.0 Å². The number of rotatable bonds is 1. The molecule has 0 aromatic heterocycles. The first kappa shape index (κ1) is 10.9. The number of carbonyl (C=O) groups is 1. The molecule has 1 aromatic carbocycles. The maximum atomic E-state index is 12.9. The lowest BCUT2D eigenvalue weighted by molar-refractivity contribution is 0.0601. The maximum Gasteiger partial charge on any atom is 0.340 e. The molecule has 0 radical (unpaired) electrons. The summed E-state index contributed by atoms with van der Waals surface area (Å²) in [5.41, 5.74) is 4.98. The van der Waals surface area contributed by atoms with Gasteiger partial charge in [0.25, 0.3) is 0 Å². The van der Waals surface area contributed by atoms with Crippen LogP contribution in [0.25, 0.3) is 0 Å². The van der Waals surface area contributed by atoms with Crippen LogP contribution in [0, 0.1) is 11.6 Å². The molecule has 14 heavy (non-hydrogen) atoms. The van der Waals surface area contributed by atoms with E-state index in [1.807, 2.05) is 0 Å². The summed E-state index contributed by atoms with van der Waals surface area (Å²) in [4.78, 5) is 11.0. The Morgan fingerprint density at radius 3 is 2.64 bits per heavy atom. The molecule has 1 rings (SSSR count). The lowest BCUT2D eigenvalue weighted by Crippen LogP contribution is -2.08. The summed E-state index contributed by atoms with van der Waals surface area (Å²) in [6.07, 6.45) is 0. The molecule has 0 bridgehead atoms. The lowest BCUT2D eigenvalue weighted by atomic mass is 10.1. The summed E-state index contributed by atoms with van der Waals surface area (Å²) < 4.78 is 29.8. The number of benzene rings is 1. The van der Waals surface area contributed by atoms with Gasteiger partial charge in [0.05, 0.1) is 22.8 Å². The fraction of sp³-hybridized carbons (Fsp3) is 0.125. The molecule has 0 atom stereocenters. The zero-order valence-corrected chi connectivity index (χ0v) is 8.69. The molecule has 0 saturated heterocycles. The van der Waals surface area contributed by atoms with E-state index < -0.39 is 17.6 Å². The Hall–Kier alpha value is -1.17. The van der Waals surface area contributed by atoms with E-state index in [1.165, 1.54) is 0 Å². The van der Waals surface area contributed by atoms with E-state index in [9.17, 15) is 13.6 Å². The second-order valence-electron chi connectivity index (χ2n) is 2.44. The minimum absolute atomic E-state index is 0.184. The van der Waals surface area contributed by atoms with Crippen molar-refractivity contribution in [3.05, 3.63) is 27.7 Å². The number of methoxy groups -OCH3 is 1. The highest BCUT2D eigenvalue weighted by molar-refractivity contribution is 9.10. The smallest absolute Gasteiger partial charge is 0.340 e. The molecule has 0 heterocycles. The Balaban J connectivity index is 3.40. The van der Waals surface area contributed by atoms with Gasteiger partial charge in [0.2, 0.25) is 0 Å². The van der Waals surface area contributed by atoms with E-state index >= 15 is 0 Å². The standard InChI is InChI=1S/C8H6BrF2NO2/c1-14-8(13)3-2-4(10)6(11)5(9)7(3)12/h2H,12H2,1H3. The zero-order chi connectivity index (χ0) is 10.9. The summed E-state index contributed by atoms with van der Waals surface area (Å²) >= 11 is 2.73. The molecule has 6 heteroatoms. The predicted molar refractivity (Wildman–Crippen MR) is 49.8 cm³/mol. The summed E-state index contributed by atoms with van der Waals surface area (Å²) in [7, 11) is 1.12. The normalized spacial score (nSPS) is 10.0. The third-order valence-corrected chi connectivity index (χ3v) is 2.38. The number of hydrogen-bond acceptors (Lipinski definition) is 3. The van der Waals surface area contributed by atoms with Crippen LogP contribution in [0.4, 0.5) is 14.5 Å². The monoisotopic (exact) mass is 265 g/mol. The van der Waals surface area contributed by atoms with E-state index in [0.717, 1.165) is 7.11 Å². The maximum absolute atomic E-state index is 12.9. The van der Waals surface area contributed by atoms with Crippen LogP contribution in [0.15, 0.2) is 10.5 Å². The van der Waals surface area contributed by atoms with Crippen LogP contribution in [0.3, 0.4) is 0 Å². The molecule has 0 spiro atoms. The van der Waals surface area contributed by atoms with Gasteiger partial charge >= 0.3 is 5.97 Å². The Kier molecular flexibility index (Phi) is 3.05. The van der Waals surface area contributed by atoms with Crippen molar-refractivity contribution in [2.45, 2.75) is 0 Å². The van der Waals surface area contributed by atoms with E-state index in [-0.39, 0.29) is 15.7 Å². The molecule has 1 aromatic rings. The number of ether oxygens (including phenoxy) is 1. The Labute approximate surface area is 87.0 Å². The summed E-state index contributed by atoms with van der Waals surface area (Å²) in [5.74, 6) is -3.11. The number of carbonyl (C=O) groups excluding carboxylic acids is 1. The predicted octanol–water partition coefficient (Wildman–Crippen LogP) is 2.10. The molecule has 3 nitrogen and oxygen atoms in total. The molecule has 0 aliphatic carbocycles. The van der Waals surface area contributed by atoms with Gasteiger partial charge in [-0.15, -0.1) is 0 Å². The Morgan fingerprint density at radius 1 is 1.57 bits per heavy atom. The molecule has 0 saturated carbocycles. The van der Waals surface area contributed by atoms with Gasteiger partial charge in [-0.25, -0.2) is 13.6 Å². The van der Waals surface area contributed by atoms with Crippen molar-refractivity contribution in [1.82, 2.24) is 0 Å². The SMILES string of the molecule is COC(=O)c1cc(F)c(F)c(Br)c1N. The van der Waals surface area contributed by atoms with Crippen molar-refractivity contribution in [2.24, 2.45) is 0 Å². The summed E-state index contributed by atoms with van der Waals surface area (Å²) in [6.45, 7) is 0. The number of nitrogens with two attached hydrogens (primary N) is 1. The van der Waals surface area contributed by atoms with E-state index in [2.05, 4.69) is 20.7 Å². The molecule has 0 aliphatic rings. The number of halogens is 3. The zero-order valence-electron chi connectivity index (χ0n) is 7.11. The molecule has 0 fully saturated rings. The van der Waals surface area contributed by atoms with E-state index in [0.29, 0.717) is 6.07 Å². The third kappa shape index (κ3) is 1.70. The third-order valence-electron chi connectivity index (χ3n) is 1.61. The number of nitrogen functional groups attached to an aromatic ring is 1. The van der Waals surface area contributed by atoms with Gasteiger partial charge in [0.15, 0.2) is 11.6 Å². The average molecular weight is 266 g/mol. The van der Waals surface area contributed by atoms with Crippen molar-refractivity contribution in [2.75, 3.05) is 12.8 Å². The average Bonchev–Trinajstić information content (AvgIpc) is 2.19. The Bertz CT molecular complexity index is 395. The fourth-order valence-electron chi connectivity index (χ4n) is 0.888. The van der Waals surface area contributed by atoms with Gasteiger partial charge < -0.3 is 10.5 Å².